The van der Waals surface area contributed by atoms with Gasteiger partial charge in [-0.3, -0.25) is 0 Å². The van der Waals surface area contributed by atoms with E-state index >= 15 is 0 Å². The summed E-state index contributed by atoms with van der Waals surface area (Å²) in [6, 6.07) is 1.97. The lowest BCUT2D eigenvalue weighted by atomic mass is 10.3. The molecule has 1 aromatic rings. The summed E-state index contributed by atoms with van der Waals surface area (Å²) < 4.78 is 5.54. The van der Waals surface area contributed by atoms with Gasteiger partial charge in [-0.1, -0.05) is 13.3 Å². The van der Waals surface area contributed by atoms with E-state index in [4.69, 9.17) is 4.74 Å². The van der Waals surface area contributed by atoms with Crippen LogP contribution in [0.15, 0.2) is 6.07 Å². The standard InChI is InChI=1S/C15H26N4O/c1-3-5-9-20-10-8-17-14-11-13(16-4-2)18-15(19-14)12-6-7-12/h11-12H,3-10H2,1-2H3,(H2,16,17,18,19). The zero-order chi connectivity index (χ0) is 14.2. The molecular formula is C15H26N4O. The highest BCUT2D eigenvalue weighted by molar-refractivity contribution is 5.48. The highest BCUT2D eigenvalue weighted by atomic mass is 16.5. The summed E-state index contributed by atoms with van der Waals surface area (Å²) in [7, 11) is 0. The van der Waals surface area contributed by atoms with E-state index < -0.39 is 0 Å². The second-order valence-electron chi connectivity index (χ2n) is 5.19. The highest BCUT2D eigenvalue weighted by Crippen LogP contribution is 2.38. The molecule has 112 valence electrons. The fourth-order valence-corrected chi connectivity index (χ4v) is 1.95. The Morgan fingerprint density at radius 2 is 1.90 bits per heavy atom. The molecule has 0 atom stereocenters. The monoisotopic (exact) mass is 278 g/mol. The Kier molecular flexibility index (Phi) is 6.05. The first-order valence-electron chi connectivity index (χ1n) is 7.78. The van der Waals surface area contributed by atoms with Gasteiger partial charge < -0.3 is 15.4 Å². The van der Waals surface area contributed by atoms with Crippen molar-refractivity contribution in [3.8, 4) is 0 Å². The molecule has 0 bridgehead atoms. The van der Waals surface area contributed by atoms with Crippen LogP contribution in [0.25, 0.3) is 0 Å². The Labute approximate surface area is 121 Å². The van der Waals surface area contributed by atoms with E-state index in [0.717, 1.165) is 50.2 Å². The zero-order valence-corrected chi connectivity index (χ0v) is 12.6. The lowest BCUT2D eigenvalue weighted by Gasteiger charge is -2.10. The van der Waals surface area contributed by atoms with Crippen molar-refractivity contribution in [2.45, 2.75) is 45.4 Å². The van der Waals surface area contributed by atoms with Crippen LogP contribution in [-0.2, 0) is 4.74 Å². The van der Waals surface area contributed by atoms with Gasteiger partial charge in [0.15, 0.2) is 0 Å². The van der Waals surface area contributed by atoms with Crippen molar-refractivity contribution in [2.75, 3.05) is 36.9 Å². The van der Waals surface area contributed by atoms with Crippen LogP contribution >= 0.6 is 0 Å². The smallest absolute Gasteiger partial charge is 0.136 e. The summed E-state index contributed by atoms with van der Waals surface area (Å²) in [4.78, 5) is 9.15. The fourth-order valence-electron chi connectivity index (χ4n) is 1.95. The molecule has 0 unspecified atom stereocenters. The molecule has 5 nitrogen and oxygen atoms in total. The predicted octanol–water partition coefficient (Wildman–Crippen LogP) is 3.01. The molecule has 2 rings (SSSR count). The molecule has 1 saturated carbocycles. The molecule has 5 heteroatoms. The third-order valence-corrected chi connectivity index (χ3v) is 3.24. The Hall–Kier alpha value is -1.36. The van der Waals surface area contributed by atoms with Gasteiger partial charge in [0.25, 0.3) is 0 Å². The van der Waals surface area contributed by atoms with Crippen LogP contribution < -0.4 is 10.6 Å². The van der Waals surface area contributed by atoms with Gasteiger partial charge >= 0.3 is 0 Å². The van der Waals surface area contributed by atoms with E-state index in [1.165, 1.54) is 19.3 Å². The van der Waals surface area contributed by atoms with Gasteiger partial charge in [-0.05, 0) is 26.2 Å². The SMILES string of the molecule is CCCCOCCNc1cc(NCC)nc(C2CC2)n1. The molecule has 1 aliphatic carbocycles. The first-order chi connectivity index (χ1) is 9.83. The number of nitrogens with one attached hydrogen (secondary N) is 2. The minimum absolute atomic E-state index is 0.565. The van der Waals surface area contributed by atoms with Crippen molar-refractivity contribution in [1.29, 1.82) is 0 Å². The topological polar surface area (TPSA) is 59.1 Å². The molecule has 1 heterocycles. The number of hydrogen-bond acceptors (Lipinski definition) is 5. The predicted molar refractivity (Wildman–Crippen MR) is 82.4 cm³/mol. The van der Waals surface area contributed by atoms with Gasteiger partial charge in [-0.15, -0.1) is 0 Å². The van der Waals surface area contributed by atoms with Crippen LogP contribution in [0.2, 0.25) is 0 Å². The first kappa shape index (κ1) is 15.0. The molecule has 0 aliphatic heterocycles. The number of ether oxygens (including phenoxy) is 1. The van der Waals surface area contributed by atoms with Crippen molar-refractivity contribution in [1.82, 2.24) is 9.97 Å². The Balaban J connectivity index is 1.82. The molecule has 1 aromatic heterocycles. The second kappa shape index (κ2) is 8.04. The maximum Gasteiger partial charge on any atom is 0.136 e. The van der Waals surface area contributed by atoms with Gasteiger partial charge in [-0.2, -0.15) is 0 Å². The maximum atomic E-state index is 5.54. The maximum absolute atomic E-state index is 5.54. The van der Waals surface area contributed by atoms with Crippen molar-refractivity contribution in [3.63, 3.8) is 0 Å². The summed E-state index contributed by atoms with van der Waals surface area (Å²) in [5.74, 6) is 3.35. The molecule has 0 amide bonds. The Bertz CT molecular complexity index is 407. The van der Waals surface area contributed by atoms with Crippen LogP contribution in [0.5, 0.6) is 0 Å². The molecule has 0 spiro atoms. The molecule has 20 heavy (non-hydrogen) atoms. The number of aromatic nitrogens is 2. The molecule has 0 saturated heterocycles. The average Bonchev–Trinajstić information content (AvgIpc) is 3.27. The van der Waals surface area contributed by atoms with Crippen LogP contribution in [0.4, 0.5) is 11.6 Å². The zero-order valence-electron chi connectivity index (χ0n) is 12.6. The van der Waals surface area contributed by atoms with E-state index in [1.807, 2.05) is 6.07 Å². The number of nitrogens with zero attached hydrogens (tertiary/aromatic N) is 2. The number of rotatable bonds is 10. The number of anilines is 2. The van der Waals surface area contributed by atoms with E-state index in [9.17, 15) is 0 Å². The fraction of sp³-hybridized carbons (Fsp3) is 0.733. The quantitative estimate of drug-likeness (QED) is 0.644. The van der Waals surface area contributed by atoms with E-state index in [-0.39, 0.29) is 0 Å². The lowest BCUT2D eigenvalue weighted by molar-refractivity contribution is 0.141. The van der Waals surface area contributed by atoms with Crippen LogP contribution in [0.3, 0.4) is 0 Å². The minimum Gasteiger partial charge on any atom is -0.380 e. The molecule has 1 fully saturated rings. The van der Waals surface area contributed by atoms with Crippen LogP contribution in [0, 0.1) is 0 Å². The minimum atomic E-state index is 0.565. The Morgan fingerprint density at radius 1 is 1.15 bits per heavy atom. The third kappa shape index (κ3) is 4.96. The van der Waals surface area contributed by atoms with Gasteiger partial charge in [0.1, 0.15) is 17.5 Å². The summed E-state index contributed by atoms with van der Waals surface area (Å²) in [5, 5.41) is 6.59. The van der Waals surface area contributed by atoms with Gasteiger partial charge in [0.2, 0.25) is 0 Å². The van der Waals surface area contributed by atoms with Crippen molar-refractivity contribution >= 4 is 11.6 Å². The first-order valence-corrected chi connectivity index (χ1v) is 7.78. The summed E-state index contributed by atoms with van der Waals surface area (Å²) in [6.07, 6.45) is 4.74. The van der Waals surface area contributed by atoms with E-state index in [1.54, 1.807) is 0 Å². The summed E-state index contributed by atoms with van der Waals surface area (Å²) >= 11 is 0. The number of unbranched alkanes of at least 4 members (excludes halogenated alkanes) is 1. The van der Waals surface area contributed by atoms with Crippen molar-refractivity contribution in [3.05, 3.63) is 11.9 Å². The Morgan fingerprint density at radius 3 is 2.55 bits per heavy atom. The molecular weight excluding hydrogens is 252 g/mol. The van der Waals surface area contributed by atoms with Gasteiger partial charge in [0, 0.05) is 31.7 Å². The van der Waals surface area contributed by atoms with Gasteiger partial charge in [-0.25, -0.2) is 9.97 Å². The largest absolute Gasteiger partial charge is 0.380 e. The molecule has 1 aliphatic rings. The highest BCUT2D eigenvalue weighted by Gasteiger charge is 2.27. The second-order valence-corrected chi connectivity index (χ2v) is 5.19. The van der Waals surface area contributed by atoms with Gasteiger partial charge in [0.05, 0.1) is 6.61 Å². The van der Waals surface area contributed by atoms with Crippen LogP contribution in [-0.4, -0.2) is 36.3 Å². The molecule has 2 N–H and O–H groups in total. The summed E-state index contributed by atoms with van der Waals surface area (Å²) in [6.45, 7) is 7.48. The van der Waals surface area contributed by atoms with Crippen LogP contribution in [0.1, 0.15) is 51.3 Å². The molecule has 0 radical (unpaired) electrons. The van der Waals surface area contributed by atoms with Crippen molar-refractivity contribution < 1.29 is 4.74 Å². The molecule has 0 aromatic carbocycles. The van der Waals surface area contributed by atoms with E-state index in [0.29, 0.717) is 5.92 Å². The third-order valence-electron chi connectivity index (χ3n) is 3.24. The van der Waals surface area contributed by atoms with Crippen molar-refractivity contribution in [2.24, 2.45) is 0 Å². The number of hydrogen-bond donors (Lipinski definition) is 2. The normalized spacial score (nSPS) is 14.3. The summed E-state index contributed by atoms with van der Waals surface area (Å²) in [5.41, 5.74) is 0. The van der Waals surface area contributed by atoms with E-state index in [2.05, 4.69) is 34.4 Å². The lowest BCUT2D eigenvalue weighted by Crippen LogP contribution is -2.13. The average molecular weight is 278 g/mol.